The molecule has 0 spiro atoms. The maximum atomic E-state index is 12.9. The fourth-order valence-corrected chi connectivity index (χ4v) is 4.34. The second-order valence-electron chi connectivity index (χ2n) is 7.43. The maximum absolute atomic E-state index is 12.9. The molecule has 1 aliphatic rings. The molecule has 1 unspecified atom stereocenters. The molecule has 2 aromatic rings. The van der Waals surface area contributed by atoms with E-state index in [0.29, 0.717) is 25.4 Å². The molecular formula is C21H23F4N3O4S. The third-order valence-corrected chi connectivity index (χ3v) is 6.55. The Hall–Kier alpha value is -2.70. The Morgan fingerprint density at radius 1 is 1.09 bits per heavy atom. The summed E-state index contributed by atoms with van der Waals surface area (Å²) in [5, 5.41) is 5.18. The lowest BCUT2D eigenvalue weighted by atomic mass is 10.1. The quantitative estimate of drug-likeness (QED) is 0.437. The van der Waals surface area contributed by atoms with Gasteiger partial charge in [0.05, 0.1) is 29.7 Å². The van der Waals surface area contributed by atoms with Crippen LogP contribution in [-0.4, -0.2) is 59.1 Å². The molecule has 1 aliphatic heterocycles. The van der Waals surface area contributed by atoms with Crippen LogP contribution in [0.25, 0.3) is 0 Å². The number of nitrogens with one attached hydrogen (secondary N) is 2. The number of sulfone groups is 1. The highest BCUT2D eigenvalue weighted by atomic mass is 32.2. The lowest BCUT2D eigenvalue weighted by Crippen LogP contribution is -2.48. The van der Waals surface area contributed by atoms with Crippen molar-refractivity contribution in [3.63, 3.8) is 0 Å². The smallest absolute Gasteiger partial charge is 0.373 e. The summed E-state index contributed by atoms with van der Waals surface area (Å²) in [6.45, 7) is 1.12. The van der Waals surface area contributed by atoms with Crippen LogP contribution in [0.5, 0.6) is 0 Å². The van der Waals surface area contributed by atoms with Gasteiger partial charge in [0.1, 0.15) is 11.7 Å². The topological polar surface area (TPSA) is 87.7 Å². The lowest BCUT2D eigenvalue weighted by Gasteiger charge is -2.34. The first-order valence-corrected chi connectivity index (χ1v) is 11.7. The number of rotatable bonds is 8. The molecular weight excluding hydrogens is 466 g/mol. The zero-order valence-electron chi connectivity index (χ0n) is 17.4. The maximum Gasteiger partial charge on any atom is 0.416 e. The molecule has 3 rings (SSSR count). The molecule has 2 aromatic carbocycles. The van der Waals surface area contributed by atoms with E-state index in [0.717, 1.165) is 36.4 Å². The Balaban J connectivity index is 1.43. The molecule has 180 valence electrons. The fourth-order valence-electron chi connectivity index (χ4n) is 3.25. The van der Waals surface area contributed by atoms with E-state index in [9.17, 15) is 30.8 Å². The number of benzene rings is 2. The number of hydrogen-bond donors (Lipinski definition) is 2. The SMILES string of the molecule is O=C(CNCS(=O)(=O)c1ccc(F)cc1)NCC1CN(c2ccc(C(F)(F)F)cc2)CCO1. The number of halogens is 4. The predicted molar refractivity (Wildman–Crippen MR) is 113 cm³/mol. The summed E-state index contributed by atoms with van der Waals surface area (Å²) in [5.74, 6) is -1.49. The van der Waals surface area contributed by atoms with Crippen molar-refractivity contribution in [1.82, 2.24) is 10.6 Å². The number of carbonyl (C=O) groups is 1. The van der Waals surface area contributed by atoms with Gasteiger partial charge in [-0.05, 0) is 48.5 Å². The average molecular weight is 489 g/mol. The van der Waals surface area contributed by atoms with Gasteiger partial charge in [0.25, 0.3) is 0 Å². The summed E-state index contributed by atoms with van der Waals surface area (Å²) >= 11 is 0. The Morgan fingerprint density at radius 3 is 2.39 bits per heavy atom. The van der Waals surface area contributed by atoms with Gasteiger partial charge in [-0.25, -0.2) is 12.8 Å². The van der Waals surface area contributed by atoms with E-state index in [1.54, 1.807) is 0 Å². The van der Waals surface area contributed by atoms with Crippen LogP contribution in [0.15, 0.2) is 53.4 Å². The molecule has 1 heterocycles. The fraction of sp³-hybridized carbons (Fsp3) is 0.381. The predicted octanol–water partition coefficient (Wildman–Crippen LogP) is 2.19. The second-order valence-corrected chi connectivity index (χ2v) is 9.42. The first-order valence-electron chi connectivity index (χ1n) is 10.0. The third kappa shape index (κ3) is 7.14. The van der Waals surface area contributed by atoms with Crippen LogP contribution < -0.4 is 15.5 Å². The Labute approximate surface area is 188 Å². The largest absolute Gasteiger partial charge is 0.416 e. The number of amides is 1. The van der Waals surface area contributed by atoms with E-state index in [1.807, 2.05) is 4.90 Å². The van der Waals surface area contributed by atoms with Gasteiger partial charge in [0.15, 0.2) is 9.84 Å². The van der Waals surface area contributed by atoms with Crippen molar-refractivity contribution in [3.8, 4) is 0 Å². The van der Waals surface area contributed by atoms with E-state index < -0.39 is 39.2 Å². The molecule has 0 saturated carbocycles. The zero-order chi connectivity index (χ0) is 24.1. The summed E-state index contributed by atoms with van der Waals surface area (Å²) < 4.78 is 81.1. The minimum absolute atomic E-state index is 0.0595. The Morgan fingerprint density at radius 2 is 1.76 bits per heavy atom. The Kier molecular flexibility index (Phi) is 7.92. The van der Waals surface area contributed by atoms with Crippen molar-refractivity contribution in [2.24, 2.45) is 0 Å². The molecule has 0 aromatic heterocycles. The van der Waals surface area contributed by atoms with Crippen LogP contribution in [0.4, 0.5) is 23.2 Å². The van der Waals surface area contributed by atoms with Crippen LogP contribution in [0.3, 0.4) is 0 Å². The van der Waals surface area contributed by atoms with Gasteiger partial charge in [-0.1, -0.05) is 0 Å². The first-order chi connectivity index (χ1) is 15.5. The standard InChI is InChI=1S/C21H23F4N3O4S/c22-16-3-7-19(8-4-16)33(30,31)14-26-12-20(29)27-11-18-13-28(9-10-32-18)17-5-1-15(2-6-17)21(23,24)25/h1-8,18,26H,9-14H2,(H,27,29). The number of nitrogens with zero attached hydrogens (tertiary/aromatic N) is 1. The number of anilines is 1. The van der Waals surface area contributed by atoms with Crippen molar-refractivity contribution in [2.75, 3.05) is 43.6 Å². The van der Waals surface area contributed by atoms with E-state index >= 15 is 0 Å². The normalized spacial score (nSPS) is 17.1. The van der Waals surface area contributed by atoms with Crippen molar-refractivity contribution >= 4 is 21.4 Å². The van der Waals surface area contributed by atoms with Gasteiger partial charge in [-0.2, -0.15) is 13.2 Å². The highest BCUT2D eigenvalue weighted by Gasteiger charge is 2.30. The van der Waals surface area contributed by atoms with E-state index in [2.05, 4.69) is 10.6 Å². The van der Waals surface area contributed by atoms with Crippen molar-refractivity contribution < 1.29 is 35.5 Å². The highest BCUT2D eigenvalue weighted by molar-refractivity contribution is 7.91. The molecule has 1 fully saturated rings. The minimum Gasteiger partial charge on any atom is -0.373 e. The summed E-state index contributed by atoms with van der Waals surface area (Å²) in [4.78, 5) is 13.9. The van der Waals surface area contributed by atoms with Crippen LogP contribution in [0.1, 0.15) is 5.56 Å². The van der Waals surface area contributed by atoms with E-state index in [4.69, 9.17) is 4.74 Å². The van der Waals surface area contributed by atoms with Crippen LogP contribution in [0, 0.1) is 5.82 Å². The molecule has 33 heavy (non-hydrogen) atoms. The molecule has 0 radical (unpaired) electrons. The highest BCUT2D eigenvalue weighted by Crippen LogP contribution is 2.30. The molecule has 7 nitrogen and oxygen atoms in total. The number of ether oxygens (including phenoxy) is 1. The van der Waals surface area contributed by atoms with Crippen molar-refractivity contribution in [2.45, 2.75) is 17.2 Å². The monoisotopic (exact) mass is 489 g/mol. The molecule has 1 atom stereocenters. The van der Waals surface area contributed by atoms with Gasteiger partial charge in [-0.15, -0.1) is 0 Å². The van der Waals surface area contributed by atoms with Gasteiger partial charge in [0.2, 0.25) is 5.91 Å². The molecule has 1 amide bonds. The van der Waals surface area contributed by atoms with Crippen LogP contribution in [0.2, 0.25) is 0 Å². The number of alkyl halides is 3. The lowest BCUT2D eigenvalue weighted by molar-refractivity contribution is -0.137. The zero-order valence-corrected chi connectivity index (χ0v) is 18.3. The number of carbonyl (C=O) groups excluding carboxylic acids is 1. The molecule has 2 N–H and O–H groups in total. The van der Waals surface area contributed by atoms with Crippen molar-refractivity contribution in [1.29, 1.82) is 0 Å². The average Bonchev–Trinajstić information content (AvgIpc) is 2.77. The molecule has 1 saturated heterocycles. The minimum atomic E-state index is -4.40. The van der Waals surface area contributed by atoms with Gasteiger partial charge < -0.3 is 15.0 Å². The summed E-state index contributed by atoms with van der Waals surface area (Å²) in [5.41, 5.74) is -0.104. The van der Waals surface area contributed by atoms with Gasteiger partial charge in [0, 0.05) is 25.3 Å². The molecule has 0 aliphatic carbocycles. The van der Waals surface area contributed by atoms with Crippen LogP contribution in [-0.2, 0) is 25.5 Å². The number of morpholine rings is 1. The third-order valence-electron chi connectivity index (χ3n) is 4.98. The van der Waals surface area contributed by atoms with E-state index in [1.165, 1.54) is 12.1 Å². The van der Waals surface area contributed by atoms with Gasteiger partial charge >= 0.3 is 6.18 Å². The van der Waals surface area contributed by atoms with Gasteiger partial charge in [-0.3, -0.25) is 10.1 Å². The van der Waals surface area contributed by atoms with Crippen molar-refractivity contribution in [3.05, 3.63) is 59.9 Å². The molecule has 0 bridgehead atoms. The second kappa shape index (κ2) is 10.5. The van der Waals surface area contributed by atoms with E-state index in [-0.39, 0.29) is 24.1 Å². The first kappa shape index (κ1) is 24.9. The van der Waals surface area contributed by atoms with Crippen LogP contribution >= 0.6 is 0 Å². The number of hydrogen-bond acceptors (Lipinski definition) is 6. The summed E-state index contributed by atoms with van der Waals surface area (Å²) in [6.07, 6.45) is -4.78. The summed E-state index contributed by atoms with van der Waals surface area (Å²) in [6, 6.07) is 9.21. The molecule has 12 heteroatoms. The summed E-state index contributed by atoms with van der Waals surface area (Å²) in [7, 11) is -3.72. The Bertz CT molecular complexity index is 1040.